The lowest BCUT2D eigenvalue weighted by molar-refractivity contribution is -0.173. The minimum Gasteiger partial charge on any atom is -0.376 e. The minimum atomic E-state index is -4.55. The molecule has 0 bridgehead atoms. The fourth-order valence-electron chi connectivity index (χ4n) is 3.75. The maximum Gasteiger partial charge on any atom is 0.410 e. The van der Waals surface area contributed by atoms with Crippen LogP contribution in [-0.2, 0) is 4.74 Å². The third-order valence-corrected chi connectivity index (χ3v) is 5.27. The highest BCUT2D eigenvalue weighted by Crippen LogP contribution is 2.44. The number of ether oxygens (including phenoxy) is 1. The second-order valence-corrected chi connectivity index (χ2v) is 7.24. The lowest BCUT2D eigenvalue weighted by Crippen LogP contribution is -2.37. The van der Waals surface area contributed by atoms with Gasteiger partial charge in [-0.2, -0.15) is 18.3 Å². The van der Waals surface area contributed by atoms with Gasteiger partial charge in [0, 0.05) is 19.6 Å². The van der Waals surface area contributed by atoms with Gasteiger partial charge in [-0.15, -0.1) is 0 Å². The van der Waals surface area contributed by atoms with Gasteiger partial charge in [-0.1, -0.05) is 12.1 Å². The Balaban J connectivity index is 1.60. The van der Waals surface area contributed by atoms with Crippen molar-refractivity contribution in [3.63, 3.8) is 0 Å². The van der Waals surface area contributed by atoms with Crippen LogP contribution in [0.15, 0.2) is 30.5 Å². The zero-order valence-electron chi connectivity index (χ0n) is 15.4. The van der Waals surface area contributed by atoms with Crippen LogP contribution in [0.25, 0.3) is 0 Å². The summed E-state index contributed by atoms with van der Waals surface area (Å²) in [5, 5.41) is 9.51. The second kappa shape index (κ2) is 7.66. The van der Waals surface area contributed by atoms with E-state index in [2.05, 4.69) is 15.7 Å². The highest BCUT2D eigenvalue weighted by Gasteiger charge is 2.47. The molecule has 0 radical (unpaired) electrons. The van der Waals surface area contributed by atoms with Crippen LogP contribution in [0, 0.1) is 5.82 Å². The second-order valence-electron chi connectivity index (χ2n) is 7.24. The number of aromatic nitrogens is 2. The molecule has 0 unspecified atom stereocenters. The maximum absolute atomic E-state index is 13.7. The smallest absolute Gasteiger partial charge is 0.376 e. The molecule has 1 amide bonds. The summed E-state index contributed by atoms with van der Waals surface area (Å²) in [6, 6.07) is 2.62. The summed E-state index contributed by atoms with van der Waals surface area (Å²) in [7, 11) is 0. The summed E-state index contributed by atoms with van der Waals surface area (Å²) in [6.45, 7) is 0.922. The third-order valence-electron chi connectivity index (χ3n) is 5.27. The lowest BCUT2D eigenvalue weighted by Gasteiger charge is -2.34. The zero-order valence-corrected chi connectivity index (χ0v) is 15.4. The van der Waals surface area contributed by atoms with Gasteiger partial charge in [-0.3, -0.25) is 4.79 Å². The van der Waals surface area contributed by atoms with Crippen molar-refractivity contribution < 1.29 is 27.1 Å². The van der Waals surface area contributed by atoms with E-state index in [4.69, 9.17) is 4.74 Å². The number of nitrogens with zero attached hydrogens (tertiary/aromatic N) is 2. The first-order valence-corrected chi connectivity index (χ1v) is 9.39. The lowest BCUT2D eigenvalue weighted by atomic mass is 9.96. The normalized spacial score (nSPS) is 24.1. The molecule has 1 aromatic heterocycles. The molecule has 29 heavy (non-hydrogen) atoms. The predicted octanol–water partition coefficient (Wildman–Crippen LogP) is 3.59. The summed E-state index contributed by atoms with van der Waals surface area (Å²) in [6.07, 6.45) is -2.08. The fraction of sp³-hybridized carbons (Fsp3) is 0.474. The SMILES string of the molecule is O=C(NC[C@@H]1CCCO1)c1cnn2c1N[C@H](c1ccc(F)cc1)C[C@H]2C(F)(F)F. The molecule has 0 spiro atoms. The summed E-state index contributed by atoms with van der Waals surface area (Å²) >= 11 is 0. The first kappa shape index (κ1) is 19.7. The molecule has 4 rings (SSSR count). The highest BCUT2D eigenvalue weighted by atomic mass is 19.4. The van der Waals surface area contributed by atoms with Gasteiger partial charge in [0.15, 0.2) is 6.04 Å². The first-order chi connectivity index (χ1) is 13.8. The number of carbonyl (C=O) groups excluding carboxylic acids is 1. The van der Waals surface area contributed by atoms with Crippen LogP contribution in [0.2, 0.25) is 0 Å². The average molecular weight is 412 g/mol. The summed E-state index contributed by atoms with van der Waals surface area (Å²) in [5.41, 5.74) is 0.530. The predicted molar refractivity (Wildman–Crippen MR) is 96.0 cm³/mol. The van der Waals surface area contributed by atoms with E-state index in [9.17, 15) is 22.4 Å². The van der Waals surface area contributed by atoms with E-state index >= 15 is 0 Å². The quantitative estimate of drug-likeness (QED) is 0.754. The van der Waals surface area contributed by atoms with Crippen molar-refractivity contribution in [2.45, 2.75) is 43.6 Å². The number of hydrogen-bond donors (Lipinski definition) is 2. The van der Waals surface area contributed by atoms with Crippen molar-refractivity contribution in [2.75, 3.05) is 18.5 Å². The number of hydrogen-bond acceptors (Lipinski definition) is 4. The van der Waals surface area contributed by atoms with E-state index in [1.165, 1.54) is 24.3 Å². The summed E-state index contributed by atoms with van der Waals surface area (Å²) < 4.78 is 60.5. The van der Waals surface area contributed by atoms with E-state index in [0.29, 0.717) is 12.2 Å². The number of halogens is 4. The number of alkyl halides is 3. The largest absolute Gasteiger partial charge is 0.410 e. The summed E-state index contributed by atoms with van der Waals surface area (Å²) in [5.74, 6) is -0.996. The van der Waals surface area contributed by atoms with Gasteiger partial charge in [-0.05, 0) is 30.5 Å². The molecule has 2 aromatic rings. The van der Waals surface area contributed by atoms with E-state index < -0.39 is 30.0 Å². The molecule has 6 nitrogen and oxygen atoms in total. The van der Waals surface area contributed by atoms with Crippen LogP contribution in [0.4, 0.5) is 23.4 Å². The molecule has 3 heterocycles. The first-order valence-electron chi connectivity index (χ1n) is 9.39. The van der Waals surface area contributed by atoms with Crippen LogP contribution < -0.4 is 10.6 Å². The Morgan fingerprint density at radius 2 is 2.07 bits per heavy atom. The maximum atomic E-state index is 13.7. The van der Waals surface area contributed by atoms with Crippen molar-refractivity contribution in [1.82, 2.24) is 15.1 Å². The van der Waals surface area contributed by atoms with Gasteiger partial charge < -0.3 is 15.4 Å². The third kappa shape index (κ3) is 4.07. The molecule has 0 aliphatic carbocycles. The Hall–Kier alpha value is -2.62. The molecule has 156 valence electrons. The van der Waals surface area contributed by atoms with Crippen molar-refractivity contribution >= 4 is 11.7 Å². The van der Waals surface area contributed by atoms with Crippen molar-refractivity contribution in [1.29, 1.82) is 0 Å². The molecule has 1 aromatic carbocycles. The Bertz CT molecular complexity index is 875. The topological polar surface area (TPSA) is 68.2 Å². The number of amides is 1. The van der Waals surface area contributed by atoms with Crippen LogP contribution in [0.3, 0.4) is 0 Å². The van der Waals surface area contributed by atoms with E-state index in [-0.39, 0.29) is 30.5 Å². The molecule has 2 aliphatic rings. The van der Waals surface area contributed by atoms with Crippen LogP contribution in [-0.4, -0.2) is 41.1 Å². The van der Waals surface area contributed by atoms with Crippen LogP contribution in [0.5, 0.6) is 0 Å². The van der Waals surface area contributed by atoms with Crippen molar-refractivity contribution in [3.8, 4) is 0 Å². The zero-order chi connectivity index (χ0) is 20.6. The Morgan fingerprint density at radius 3 is 2.72 bits per heavy atom. The molecule has 3 atom stereocenters. The standard InChI is InChI=1S/C19H20F4N4O2/c20-12-5-3-11(4-6-12)15-8-16(19(21,22)23)27-17(26-15)14(10-25-27)18(28)24-9-13-2-1-7-29-13/h3-6,10,13,15-16,26H,1-2,7-9H2,(H,24,28)/t13-,15-,16-/m0/s1. The van der Waals surface area contributed by atoms with Gasteiger partial charge >= 0.3 is 6.18 Å². The van der Waals surface area contributed by atoms with Crippen molar-refractivity contribution in [3.05, 3.63) is 47.4 Å². The van der Waals surface area contributed by atoms with Gasteiger partial charge in [0.2, 0.25) is 0 Å². The fourth-order valence-corrected chi connectivity index (χ4v) is 3.75. The van der Waals surface area contributed by atoms with E-state index in [1.54, 1.807) is 0 Å². The molecule has 1 saturated heterocycles. The van der Waals surface area contributed by atoms with Gasteiger partial charge in [0.25, 0.3) is 5.91 Å². The Kier molecular flexibility index (Phi) is 5.20. The summed E-state index contributed by atoms with van der Waals surface area (Å²) in [4.78, 5) is 12.6. The molecule has 2 N–H and O–H groups in total. The van der Waals surface area contributed by atoms with Gasteiger partial charge in [0.1, 0.15) is 17.2 Å². The molecule has 1 fully saturated rings. The van der Waals surface area contributed by atoms with E-state index in [0.717, 1.165) is 23.7 Å². The van der Waals surface area contributed by atoms with Gasteiger partial charge in [0.05, 0.1) is 18.3 Å². The molecular weight excluding hydrogens is 392 g/mol. The van der Waals surface area contributed by atoms with Crippen LogP contribution >= 0.6 is 0 Å². The average Bonchev–Trinajstić information content (AvgIpc) is 3.35. The Morgan fingerprint density at radius 1 is 1.31 bits per heavy atom. The monoisotopic (exact) mass is 412 g/mol. The molecule has 0 saturated carbocycles. The number of rotatable bonds is 4. The molecular formula is C19H20F4N4O2. The number of benzene rings is 1. The molecule has 10 heteroatoms. The number of fused-ring (bicyclic) bond motifs is 1. The number of carbonyl (C=O) groups is 1. The van der Waals surface area contributed by atoms with Gasteiger partial charge in [-0.25, -0.2) is 9.07 Å². The highest BCUT2D eigenvalue weighted by molar-refractivity contribution is 5.98. The van der Waals surface area contributed by atoms with E-state index in [1.807, 2.05) is 0 Å². The Labute approximate surface area is 164 Å². The molecule has 2 aliphatic heterocycles. The number of anilines is 1. The minimum absolute atomic E-state index is 0.00209. The van der Waals surface area contributed by atoms with Crippen LogP contribution in [0.1, 0.15) is 47.3 Å². The number of nitrogens with one attached hydrogen (secondary N) is 2. The van der Waals surface area contributed by atoms with Crippen molar-refractivity contribution in [2.24, 2.45) is 0 Å².